The molecule has 164 valence electrons. The van der Waals surface area contributed by atoms with Crippen molar-refractivity contribution >= 4 is 16.9 Å². The SMILES string of the molecule is C[C@@H](NC(=O)COc1ccc2c3c(c(=O)oc2c1)CCC3)C12CC3CC(CC(C3)C1)C2. The third kappa shape index (κ3) is 3.28. The highest BCUT2D eigenvalue weighted by molar-refractivity contribution is 5.83. The third-order valence-electron chi connectivity index (χ3n) is 8.70. The van der Waals surface area contributed by atoms with Crippen molar-refractivity contribution in [2.45, 2.75) is 70.8 Å². The predicted molar refractivity (Wildman–Crippen MR) is 118 cm³/mol. The average Bonchev–Trinajstić information content (AvgIpc) is 3.22. The predicted octanol–water partition coefficient (Wildman–Crippen LogP) is 4.38. The lowest BCUT2D eigenvalue weighted by Gasteiger charge is -2.59. The Morgan fingerprint density at radius 2 is 1.81 bits per heavy atom. The number of fused-ring (bicyclic) bond motifs is 3. The van der Waals surface area contributed by atoms with Gasteiger partial charge in [-0.2, -0.15) is 0 Å². The van der Waals surface area contributed by atoms with E-state index in [0.29, 0.717) is 11.3 Å². The van der Waals surface area contributed by atoms with E-state index in [4.69, 9.17) is 9.15 Å². The maximum atomic E-state index is 12.7. The summed E-state index contributed by atoms with van der Waals surface area (Å²) >= 11 is 0. The molecule has 0 radical (unpaired) electrons. The molecule has 5 aliphatic rings. The molecule has 5 nitrogen and oxygen atoms in total. The first kappa shape index (κ1) is 19.4. The third-order valence-corrected chi connectivity index (χ3v) is 8.70. The number of hydrogen-bond acceptors (Lipinski definition) is 4. The summed E-state index contributed by atoms with van der Waals surface area (Å²) in [6.07, 6.45) is 10.8. The molecule has 4 fully saturated rings. The van der Waals surface area contributed by atoms with Crippen LogP contribution in [0.2, 0.25) is 0 Å². The first-order chi connectivity index (χ1) is 15.0. The van der Waals surface area contributed by atoms with Crippen molar-refractivity contribution < 1.29 is 13.9 Å². The fourth-order valence-electron chi connectivity index (χ4n) is 7.65. The maximum Gasteiger partial charge on any atom is 0.339 e. The highest BCUT2D eigenvalue weighted by Gasteiger charge is 2.53. The van der Waals surface area contributed by atoms with Gasteiger partial charge in [0.2, 0.25) is 0 Å². The maximum absolute atomic E-state index is 12.7. The number of rotatable bonds is 5. The molecule has 1 N–H and O–H groups in total. The lowest BCUT2D eigenvalue weighted by Crippen LogP contribution is -2.56. The molecular formula is C26H31NO4. The second-order valence-electron chi connectivity index (χ2n) is 10.7. The van der Waals surface area contributed by atoms with Crippen molar-refractivity contribution in [2.24, 2.45) is 23.2 Å². The molecule has 1 amide bonds. The number of aryl methyl sites for hydroxylation is 1. The van der Waals surface area contributed by atoms with Crippen molar-refractivity contribution in [3.8, 4) is 5.75 Å². The van der Waals surface area contributed by atoms with E-state index >= 15 is 0 Å². The van der Waals surface area contributed by atoms with Gasteiger partial charge in [0.05, 0.1) is 0 Å². The topological polar surface area (TPSA) is 68.5 Å². The van der Waals surface area contributed by atoms with Gasteiger partial charge in [-0.3, -0.25) is 4.79 Å². The van der Waals surface area contributed by atoms with Gasteiger partial charge in [0.25, 0.3) is 5.91 Å². The largest absolute Gasteiger partial charge is 0.484 e. The Morgan fingerprint density at radius 1 is 1.13 bits per heavy atom. The second kappa shape index (κ2) is 7.11. The van der Waals surface area contributed by atoms with Crippen molar-refractivity contribution in [3.05, 3.63) is 39.7 Å². The van der Waals surface area contributed by atoms with Gasteiger partial charge in [-0.15, -0.1) is 0 Å². The zero-order chi connectivity index (χ0) is 21.2. The minimum atomic E-state index is -0.237. The van der Waals surface area contributed by atoms with Crippen LogP contribution in [0.5, 0.6) is 5.75 Å². The van der Waals surface area contributed by atoms with Crippen LogP contribution in [-0.4, -0.2) is 18.6 Å². The summed E-state index contributed by atoms with van der Waals surface area (Å²) < 4.78 is 11.3. The van der Waals surface area contributed by atoms with E-state index in [1.807, 2.05) is 12.1 Å². The average molecular weight is 422 g/mol. The Morgan fingerprint density at radius 3 is 2.52 bits per heavy atom. The number of hydrogen-bond donors (Lipinski definition) is 1. The Bertz CT molecular complexity index is 1070. The molecule has 31 heavy (non-hydrogen) atoms. The van der Waals surface area contributed by atoms with Gasteiger partial charge in [0, 0.05) is 23.1 Å². The molecule has 5 heteroatoms. The Kier molecular flexibility index (Phi) is 4.45. The fraction of sp³-hybridized carbons (Fsp3) is 0.615. The summed E-state index contributed by atoms with van der Waals surface area (Å²) in [6.45, 7) is 2.17. The molecule has 1 heterocycles. The monoisotopic (exact) mass is 421 g/mol. The van der Waals surface area contributed by atoms with Crippen molar-refractivity contribution in [1.29, 1.82) is 0 Å². The molecule has 2 aromatic rings. The molecule has 5 aliphatic carbocycles. The van der Waals surface area contributed by atoms with E-state index in [1.54, 1.807) is 6.07 Å². The van der Waals surface area contributed by atoms with Crippen molar-refractivity contribution in [2.75, 3.05) is 6.61 Å². The normalized spacial score (nSPS) is 31.6. The number of benzene rings is 1. The number of ether oxygens (including phenoxy) is 1. The number of carbonyl (C=O) groups is 1. The molecule has 0 unspecified atom stereocenters. The zero-order valence-corrected chi connectivity index (χ0v) is 18.2. The molecule has 0 spiro atoms. The minimum absolute atomic E-state index is 0.0165. The molecule has 1 aromatic heterocycles. The van der Waals surface area contributed by atoms with Crippen molar-refractivity contribution in [1.82, 2.24) is 5.32 Å². The van der Waals surface area contributed by atoms with E-state index < -0.39 is 0 Å². The van der Waals surface area contributed by atoms with E-state index in [1.165, 1.54) is 38.5 Å². The Hall–Kier alpha value is -2.30. The molecule has 7 rings (SSSR count). The first-order valence-electron chi connectivity index (χ1n) is 12.0. The summed E-state index contributed by atoms with van der Waals surface area (Å²) in [6, 6.07) is 5.75. The van der Waals surface area contributed by atoms with E-state index in [0.717, 1.165) is 53.5 Å². The van der Waals surface area contributed by atoms with Gasteiger partial charge < -0.3 is 14.5 Å². The number of nitrogens with one attached hydrogen (secondary N) is 1. The Balaban J connectivity index is 1.12. The van der Waals surface area contributed by atoms with Crippen LogP contribution < -0.4 is 15.7 Å². The summed E-state index contributed by atoms with van der Waals surface area (Å²) in [5.74, 6) is 3.10. The van der Waals surface area contributed by atoms with Gasteiger partial charge in [-0.25, -0.2) is 4.79 Å². The number of carbonyl (C=O) groups excluding carboxylic acids is 1. The van der Waals surface area contributed by atoms with Gasteiger partial charge in [0.1, 0.15) is 11.3 Å². The summed E-state index contributed by atoms with van der Waals surface area (Å²) in [7, 11) is 0. The smallest absolute Gasteiger partial charge is 0.339 e. The standard InChI is InChI=1S/C26H31NO4/c1-15(26-11-16-7-17(12-26)9-18(8-16)13-26)27-24(28)14-30-19-5-6-21-20-3-2-4-22(20)25(29)31-23(21)10-19/h5-6,10,15-18H,2-4,7-9,11-14H2,1H3,(H,27,28)/t15-,16?,17?,18?,26?/m1/s1. The van der Waals surface area contributed by atoms with Crippen LogP contribution in [0.15, 0.2) is 27.4 Å². The van der Waals surface area contributed by atoms with Gasteiger partial charge in [-0.1, -0.05) is 0 Å². The molecule has 1 aromatic carbocycles. The highest BCUT2D eigenvalue weighted by atomic mass is 16.5. The van der Waals surface area contributed by atoms with Crippen LogP contribution in [-0.2, 0) is 17.6 Å². The van der Waals surface area contributed by atoms with Crippen molar-refractivity contribution in [3.63, 3.8) is 0 Å². The quantitative estimate of drug-likeness (QED) is 0.728. The highest BCUT2D eigenvalue weighted by Crippen LogP contribution is 2.61. The lowest BCUT2D eigenvalue weighted by atomic mass is 9.48. The van der Waals surface area contributed by atoms with Crippen LogP contribution in [0.4, 0.5) is 0 Å². The Labute approximate surface area is 182 Å². The van der Waals surface area contributed by atoms with Crippen LogP contribution >= 0.6 is 0 Å². The van der Waals surface area contributed by atoms with Crippen LogP contribution in [0, 0.1) is 23.2 Å². The van der Waals surface area contributed by atoms with E-state index in [2.05, 4.69) is 12.2 Å². The fourth-order valence-corrected chi connectivity index (χ4v) is 7.65. The molecule has 4 saturated carbocycles. The summed E-state index contributed by atoms with van der Waals surface area (Å²) in [4.78, 5) is 24.9. The summed E-state index contributed by atoms with van der Waals surface area (Å²) in [5, 5.41) is 4.24. The molecule has 4 bridgehead atoms. The first-order valence-corrected chi connectivity index (χ1v) is 12.0. The zero-order valence-electron chi connectivity index (χ0n) is 18.2. The number of amides is 1. The second-order valence-corrected chi connectivity index (χ2v) is 10.7. The van der Waals surface area contributed by atoms with E-state index in [-0.39, 0.29) is 29.6 Å². The molecule has 0 aliphatic heterocycles. The summed E-state index contributed by atoms with van der Waals surface area (Å²) in [5.41, 5.74) is 2.53. The minimum Gasteiger partial charge on any atom is -0.484 e. The van der Waals surface area contributed by atoms with Crippen LogP contribution in [0.3, 0.4) is 0 Å². The molecule has 0 saturated heterocycles. The van der Waals surface area contributed by atoms with Crippen LogP contribution in [0.1, 0.15) is 63.0 Å². The lowest BCUT2D eigenvalue weighted by molar-refractivity contribution is -0.127. The van der Waals surface area contributed by atoms with E-state index in [9.17, 15) is 9.59 Å². The molecular weight excluding hydrogens is 390 g/mol. The van der Waals surface area contributed by atoms with Gasteiger partial charge in [0.15, 0.2) is 6.61 Å². The molecule has 1 atom stereocenters. The van der Waals surface area contributed by atoms with Crippen LogP contribution in [0.25, 0.3) is 11.0 Å². The van der Waals surface area contributed by atoms with Gasteiger partial charge in [-0.05, 0) is 106 Å². The van der Waals surface area contributed by atoms with Gasteiger partial charge >= 0.3 is 5.63 Å².